The number of hydrogen-bond acceptors (Lipinski definition) is 5. The lowest BCUT2D eigenvalue weighted by Gasteiger charge is -2.21. The van der Waals surface area contributed by atoms with Crippen molar-refractivity contribution >= 4 is 17.8 Å². The quantitative estimate of drug-likeness (QED) is 0.590. The Balaban J connectivity index is 2.49. The largest absolute Gasteiger partial charge is 0.468 e. The van der Waals surface area contributed by atoms with Crippen LogP contribution in [0.1, 0.15) is 33.6 Å². The number of amides is 1. The van der Waals surface area contributed by atoms with Crippen molar-refractivity contribution in [3.05, 3.63) is 0 Å². The molecule has 1 N–H and O–H groups in total. The van der Waals surface area contributed by atoms with Crippen LogP contribution in [0, 0.1) is 5.92 Å². The third-order valence-electron chi connectivity index (χ3n) is 2.56. The molecule has 0 aromatic rings. The number of alkyl carbamates (subject to hydrolysis) is 1. The Labute approximate surface area is 106 Å². The van der Waals surface area contributed by atoms with Gasteiger partial charge in [0.15, 0.2) is 0 Å². The summed E-state index contributed by atoms with van der Waals surface area (Å²) in [4.78, 5) is 34.4. The van der Waals surface area contributed by atoms with Gasteiger partial charge in [0, 0.05) is 12.5 Å². The number of carbonyl (C=O) groups is 3. The first-order valence-electron chi connectivity index (χ1n) is 5.83. The zero-order chi connectivity index (χ0) is 13.9. The Hall–Kier alpha value is -1.59. The molecule has 1 amide bonds. The fourth-order valence-corrected chi connectivity index (χ4v) is 1.84. The first-order chi connectivity index (χ1) is 8.23. The molecule has 0 spiro atoms. The van der Waals surface area contributed by atoms with Gasteiger partial charge in [-0.15, -0.1) is 0 Å². The summed E-state index contributed by atoms with van der Waals surface area (Å²) < 4.78 is 9.61. The maximum absolute atomic E-state index is 11.6. The Morgan fingerprint density at radius 3 is 2.44 bits per heavy atom. The Kier molecular flexibility index (Phi) is 4.32. The molecule has 1 aliphatic rings. The van der Waals surface area contributed by atoms with Gasteiger partial charge in [0.05, 0.1) is 7.11 Å². The highest BCUT2D eigenvalue weighted by atomic mass is 16.6. The van der Waals surface area contributed by atoms with Gasteiger partial charge in [-0.2, -0.15) is 0 Å². The van der Waals surface area contributed by atoms with Gasteiger partial charge < -0.3 is 14.8 Å². The van der Waals surface area contributed by atoms with E-state index in [4.69, 9.17) is 4.74 Å². The predicted octanol–water partition coefficient (Wildman–Crippen LogP) is 1.03. The fraction of sp³-hybridized carbons (Fsp3) is 0.750. The third-order valence-corrected chi connectivity index (χ3v) is 2.56. The minimum atomic E-state index is -0.769. The highest BCUT2D eigenvalue weighted by molar-refractivity contribution is 6.01. The molecule has 102 valence electrons. The number of methoxy groups -OCH3 is 1. The Morgan fingerprint density at radius 2 is 1.94 bits per heavy atom. The van der Waals surface area contributed by atoms with Crippen LogP contribution < -0.4 is 5.32 Å². The minimum Gasteiger partial charge on any atom is -0.468 e. The number of carbonyl (C=O) groups excluding carboxylic acids is 3. The molecule has 1 aliphatic carbocycles. The first-order valence-corrected chi connectivity index (χ1v) is 5.83. The van der Waals surface area contributed by atoms with Crippen LogP contribution in [-0.2, 0) is 19.1 Å². The lowest BCUT2D eigenvalue weighted by molar-refractivity contribution is -0.148. The summed E-state index contributed by atoms with van der Waals surface area (Å²) in [5, 5.41) is 2.58. The van der Waals surface area contributed by atoms with Crippen molar-refractivity contribution in [1.82, 2.24) is 5.32 Å². The summed E-state index contributed by atoms with van der Waals surface area (Å²) in [7, 11) is 1.24. The summed E-state index contributed by atoms with van der Waals surface area (Å²) in [6.07, 6.45) is -0.171. The van der Waals surface area contributed by atoms with Gasteiger partial charge in [0.1, 0.15) is 17.3 Å². The molecule has 0 bridgehead atoms. The number of ether oxygens (including phenoxy) is 2. The molecule has 0 aromatic heterocycles. The molecular formula is C12H19NO5. The Morgan fingerprint density at radius 1 is 1.33 bits per heavy atom. The third kappa shape index (κ3) is 4.01. The van der Waals surface area contributed by atoms with Crippen molar-refractivity contribution in [1.29, 1.82) is 0 Å². The first kappa shape index (κ1) is 14.5. The molecule has 2 atom stereocenters. The van der Waals surface area contributed by atoms with E-state index >= 15 is 0 Å². The molecule has 1 rings (SSSR count). The predicted molar refractivity (Wildman–Crippen MR) is 62.9 cm³/mol. The SMILES string of the molecule is COC(=O)C1CC(NC(=O)OC(C)(C)C)CC1=O. The summed E-state index contributed by atoms with van der Waals surface area (Å²) in [6.45, 7) is 5.26. The zero-order valence-electron chi connectivity index (χ0n) is 11.1. The zero-order valence-corrected chi connectivity index (χ0v) is 11.1. The van der Waals surface area contributed by atoms with Crippen molar-refractivity contribution in [2.24, 2.45) is 5.92 Å². The van der Waals surface area contributed by atoms with Gasteiger partial charge in [-0.3, -0.25) is 9.59 Å². The minimum absolute atomic E-state index is 0.138. The van der Waals surface area contributed by atoms with Crippen LogP contribution in [0.15, 0.2) is 0 Å². The molecular weight excluding hydrogens is 238 g/mol. The Bertz CT molecular complexity index is 358. The second kappa shape index (κ2) is 5.37. The highest BCUT2D eigenvalue weighted by Crippen LogP contribution is 2.23. The fourth-order valence-electron chi connectivity index (χ4n) is 1.84. The number of ketones is 1. The average Bonchev–Trinajstić information content (AvgIpc) is 2.55. The van der Waals surface area contributed by atoms with E-state index in [-0.39, 0.29) is 24.7 Å². The smallest absolute Gasteiger partial charge is 0.407 e. The number of rotatable bonds is 2. The van der Waals surface area contributed by atoms with Crippen molar-refractivity contribution in [3.63, 3.8) is 0 Å². The molecule has 0 saturated heterocycles. The number of esters is 1. The van der Waals surface area contributed by atoms with Crippen LogP contribution in [0.4, 0.5) is 4.79 Å². The molecule has 0 aromatic carbocycles. The van der Waals surface area contributed by atoms with E-state index in [0.29, 0.717) is 0 Å². The monoisotopic (exact) mass is 257 g/mol. The van der Waals surface area contributed by atoms with Crippen LogP contribution in [0.2, 0.25) is 0 Å². The standard InChI is InChI=1S/C12H19NO5/c1-12(2,3)18-11(16)13-7-5-8(9(14)6-7)10(15)17-4/h7-8H,5-6H2,1-4H3,(H,13,16). The van der Waals surface area contributed by atoms with Crippen molar-refractivity contribution in [3.8, 4) is 0 Å². The summed E-state index contributed by atoms with van der Waals surface area (Å²) in [6, 6.07) is -0.364. The van der Waals surface area contributed by atoms with Gasteiger partial charge in [0.2, 0.25) is 0 Å². The molecule has 18 heavy (non-hydrogen) atoms. The van der Waals surface area contributed by atoms with Gasteiger partial charge in [-0.1, -0.05) is 0 Å². The van der Waals surface area contributed by atoms with Gasteiger partial charge in [-0.05, 0) is 27.2 Å². The van der Waals surface area contributed by atoms with E-state index < -0.39 is 23.6 Å². The molecule has 0 aliphatic heterocycles. The van der Waals surface area contributed by atoms with Gasteiger partial charge in [-0.25, -0.2) is 4.79 Å². The van der Waals surface area contributed by atoms with Gasteiger partial charge in [0.25, 0.3) is 0 Å². The maximum Gasteiger partial charge on any atom is 0.407 e. The van der Waals surface area contributed by atoms with Crippen molar-refractivity contribution in [2.45, 2.75) is 45.3 Å². The van der Waals surface area contributed by atoms with Crippen LogP contribution in [-0.4, -0.2) is 36.6 Å². The van der Waals surface area contributed by atoms with E-state index in [2.05, 4.69) is 10.1 Å². The summed E-state index contributed by atoms with van der Waals surface area (Å²) in [5.41, 5.74) is -0.589. The number of nitrogens with one attached hydrogen (secondary N) is 1. The second-order valence-corrected chi connectivity index (χ2v) is 5.33. The highest BCUT2D eigenvalue weighted by Gasteiger charge is 2.39. The van der Waals surface area contributed by atoms with E-state index in [1.807, 2.05) is 0 Å². The molecule has 0 heterocycles. The molecule has 6 heteroatoms. The van der Waals surface area contributed by atoms with Crippen LogP contribution in [0.5, 0.6) is 0 Å². The summed E-state index contributed by atoms with van der Waals surface area (Å²) in [5.74, 6) is -1.52. The van der Waals surface area contributed by atoms with E-state index in [0.717, 1.165) is 0 Å². The van der Waals surface area contributed by atoms with Gasteiger partial charge >= 0.3 is 12.1 Å². The lowest BCUT2D eigenvalue weighted by atomic mass is 10.1. The van der Waals surface area contributed by atoms with E-state index in [1.54, 1.807) is 20.8 Å². The maximum atomic E-state index is 11.6. The average molecular weight is 257 g/mol. The topological polar surface area (TPSA) is 81.7 Å². The van der Waals surface area contributed by atoms with E-state index in [9.17, 15) is 14.4 Å². The lowest BCUT2D eigenvalue weighted by Crippen LogP contribution is -2.38. The van der Waals surface area contributed by atoms with Crippen molar-refractivity contribution in [2.75, 3.05) is 7.11 Å². The molecule has 1 saturated carbocycles. The molecule has 0 radical (unpaired) electrons. The van der Waals surface area contributed by atoms with Crippen molar-refractivity contribution < 1.29 is 23.9 Å². The normalized spacial score (nSPS) is 23.7. The second-order valence-electron chi connectivity index (χ2n) is 5.33. The van der Waals surface area contributed by atoms with E-state index in [1.165, 1.54) is 7.11 Å². The molecule has 6 nitrogen and oxygen atoms in total. The molecule has 2 unspecified atom stereocenters. The summed E-state index contributed by atoms with van der Waals surface area (Å²) >= 11 is 0. The van der Waals surface area contributed by atoms with Crippen LogP contribution >= 0.6 is 0 Å². The number of hydrogen-bond donors (Lipinski definition) is 1. The van der Waals surface area contributed by atoms with Crippen LogP contribution in [0.25, 0.3) is 0 Å². The molecule has 1 fully saturated rings. The number of Topliss-reactive ketones (excluding diaryl/α,β-unsaturated/α-hetero) is 1. The van der Waals surface area contributed by atoms with Crippen LogP contribution in [0.3, 0.4) is 0 Å².